The van der Waals surface area contributed by atoms with Crippen LogP contribution < -0.4 is 5.73 Å². The minimum Gasteiger partial charge on any atom is -0.343 e. The maximum Gasteiger partial charge on any atom is 0.224 e. The number of carbonyl (C=O) groups is 1. The van der Waals surface area contributed by atoms with Crippen molar-refractivity contribution in [3.05, 3.63) is 0 Å². The SMILES string of the molecule is CCN(CC)C(=O)CC(CN)N(C)C(C)CCSC. The highest BCUT2D eigenvalue weighted by atomic mass is 32.2. The Morgan fingerprint density at radius 2 is 1.89 bits per heavy atom. The normalized spacial score (nSPS) is 14.5. The van der Waals surface area contributed by atoms with E-state index in [-0.39, 0.29) is 11.9 Å². The summed E-state index contributed by atoms with van der Waals surface area (Å²) in [6.07, 6.45) is 3.78. The Morgan fingerprint density at radius 1 is 1.32 bits per heavy atom. The molecule has 0 radical (unpaired) electrons. The molecule has 0 saturated carbocycles. The number of thioether (sulfide) groups is 1. The summed E-state index contributed by atoms with van der Waals surface area (Å²) in [6, 6.07) is 0.607. The molecule has 0 aliphatic carbocycles. The van der Waals surface area contributed by atoms with E-state index in [1.807, 2.05) is 30.5 Å². The number of hydrogen-bond donors (Lipinski definition) is 1. The largest absolute Gasteiger partial charge is 0.343 e. The van der Waals surface area contributed by atoms with Gasteiger partial charge in [-0.05, 0) is 46.2 Å². The third kappa shape index (κ3) is 6.63. The second kappa shape index (κ2) is 10.5. The number of carbonyl (C=O) groups excluding carboxylic acids is 1. The summed E-state index contributed by atoms with van der Waals surface area (Å²) >= 11 is 1.86. The molecule has 5 heteroatoms. The molecule has 0 aromatic rings. The summed E-state index contributed by atoms with van der Waals surface area (Å²) in [7, 11) is 2.08. The molecular formula is C14H31N3OS. The van der Waals surface area contributed by atoms with Gasteiger partial charge in [-0.25, -0.2) is 0 Å². The highest BCUT2D eigenvalue weighted by Gasteiger charge is 2.22. The van der Waals surface area contributed by atoms with Gasteiger partial charge in [0.1, 0.15) is 0 Å². The molecule has 114 valence electrons. The highest BCUT2D eigenvalue weighted by Crippen LogP contribution is 2.12. The molecule has 2 unspecified atom stereocenters. The van der Waals surface area contributed by atoms with Crippen LogP contribution in [0.1, 0.15) is 33.6 Å². The summed E-state index contributed by atoms with van der Waals surface area (Å²) in [5.41, 5.74) is 5.85. The van der Waals surface area contributed by atoms with E-state index in [1.165, 1.54) is 0 Å². The van der Waals surface area contributed by atoms with Crippen molar-refractivity contribution >= 4 is 17.7 Å². The lowest BCUT2D eigenvalue weighted by molar-refractivity contribution is -0.132. The van der Waals surface area contributed by atoms with Crippen LogP contribution >= 0.6 is 11.8 Å². The van der Waals surface area contributed by atoms with Gasteiger partial charge in [-0.2, -0.15) is 11.8 Å². The number of likely N-dealkylation sites (N-methyl/N-ethyl adjacent to an activating group) is 1. The van der Waals surface area contributed by atoms with Crippen LogP contribution in [0.15, 0.2) is 0 Å². The second-order valence-corrected chi connectivity index (χ2v) is 5.94. The van der Waals surface area contributed by atoms with Crippen LogP contribution in [0, 0.1) is 0 Å². The van der Waals surface area contributed by atoms with Crippen molar-refractivity contribution in [3.63, 3.8) is 0 Å². The molecule has 0 heterocycles. The Kier molecular flexibility index (Phi) is 10.4. The zero-order valence-corrected chi connectivity index (χ0v) is 14.0. The lowest BCUT2D eigenvalue weighted by Gasteiger charge is -2.33. The summed E-state index contributed by atoms with van der Waals surface area (Å²) in [4.78, 5) is 16.3. The number of nitrogens with two attached hydrogens (primary N) is 1. The molecule has 0 bridgehead atoms. The van der Waals surface area contributed by atoms with Gasteiger partial charge in [-0.3, -0.25) is 9.69 Å². The van der Waals surface area contributed by atoms with Crippen LogP contribution in [-0.4, -0.2) is 66.5 Å². The standard InChI is InChI=1S/C14H31N3OS/c1-6-17(7-2)14(18)10-13(11-15)16(4)12(3)8-9-19-5/h12-13H,6-11,15H2,1-5H3. The predicted octanol–water partition coefficient (Wildman–Crippen LogP) is 1.65. The summed E-state index contributed by atoms with van der Waals surface area (Å²) in [5, 5.41) is 0. The minimum atomic E-state index is 0.143. The molecule has 0 aromatic carbocycles. The number of nitrogens with zero attached hydrogens (tertiary/aromatic N) is 2. The fraction of sp³-hybridized carbons (Fsp3) is 0.929. The van der Waals surface area contributed by atoms with Gasteiger partial charge in [0.15, 0.2) is 0 Å². The van der Waals surface area contributed by atoms with E-state index in [0.717, 1.165) is 25.3 Å². The molecule has 0 aliphatic heterocycles. The first-order valence-corrected chi connectivity index (χ1v) is 8.59. The van der Waals surface area contributed by atoms with Crippen LogP contribution in [-0.2, 0) is 4.79 Å². The molecular weight excluding hydrogens is 258 g/mol. The van der Waals surface area contributed by atoms with E-state index in [4.69, 9.17) is 5.73 Å². The third-order valence-corrected chi connectivity index (χ3v) is 4.45. The van der Waals surface area contributed by atoms with Crippen LogP contribution in [0.25, 0.3) is 0 Å². The van der Waals surface area contributed by atoms with Crippen molar-refractivity contribution in [2.75, 3.05) is 38.7 Å². The number of rotatable bonds is 10. The molecule has 2 N–H and O–H groups in total. The Hall–Kier alpha value is -0.260. The van der Waals surface area contributed by atoms with Crippen LogP contribution in [0.2, 0.25) is 0 Å². The van der Waals surface area contributed by atoms with E-state index in [1.54, 1.807) is 0 Å². The topological polar surface area (TPSA) is 49.6 Å². The van der Waals surface area contributed by atoms with Crippen LogP contribution in [0.4, 0.5) is 0 Å². The molecule has 0 spiro atoms. The smallest absolute Gasteiger partial charge is 0.224 e. The van der Waals surface area contributed by atoms with E-state index >= 15 is 0 Å². The molecule has 1 amide bonds. The Labute approximate surface area is 123 Å². The molecule has 0 fully saturated rings. The van der Waals surface area contributed by atoms with Crippen molar-refractivity contribution in [1.82, 2.24) is 9.80 Å². The van der Waals surface area contributed by atoms with Crippen LogP contribution in [0.3, 0.4) is 0 Å². The fourth-order valence-electron chi connectivity index (χ4n) is 2.15. The minimum absolute atomic E-state index is 0.143. The zero-order chi connectivity index (χ0) is 14.8. The van der Waals surface area contributed by atoms with Gasteiger partial charge in [0.25, 0.3) is 0 Å². The van der Waals surface area contributed by atoms with Crippen molar-refractivity contribution < 1.29 is 4.79 Å². The first kappa shape index (κ1) is 18.7. The first-order valence-electron chi connectivity index (χ1n) is 7.20. The van der Waals surface area contributed by atoms with Gasteiger partial charge in [0.2, 0.25) is 5.91 Å². The number of hydrogen-bond acceptors (Lipinski definition) is 4. The lowest BCUT2D eigenvalue weighted by atomic mass is 10.1. The van der Waals surface area contributed by atoms with Crippen molar-refractivity contribution in [3.8, 4) is 0 Å². The average Bonchev–Trinajstić information content (AvgIpc) is 2.42. The molecule has 0 aromatic heterocycles. The van der Waals surface area contributed by atoms with Gasteiger partial charge in [0.05, 0.1) is 0 Å². The maximum atomic E-state index is 12.2. The van der Waals surface area contributed by atoms with Crippen LogP contribution in [0.5, 0.6) is 0 Å². The van der Waals surface area contributed by atoms with E-state index in [2.05, 4.69) is 25.1 Å². The van der Waals surface area contributed by atoms with Gasteiger partial charge >= 0.3 is 0 Å². The third-order valence-electron chi connectivity index (χ3n) is 3.81. The average molecular weight is 289 g/mol. The predicted molar refractivity (Wildman–Crippen MR) is 85.6 cm³/mol. The Morgan fingerprint density at radius 3 is 2.32 bits per heavy atom. The Balaban J connectivity index is 4.43. The van der Waals surface area contributed by atoms with E-state index in [0.29, 0.717) is 19.0 Å². The van der Waals surface area contributed by atoms with E-state index in [9.17, 15) is 4.79 Å². The fourth-order valence-corrected chi connectivity index (χ4v) is 2.73. The molecule has 0 rings (SSSR count). The second-order valence-electron chi connectivity index (χ2n) is 4.96. The van der Waals surface area contributed by atoms with E-state index < -0.39 is 0 Å². The van der Waals surface area contributed by atoms with Gasteiger partial charge in [-0.1, -0.05) is 0 Å². The van der Waals surface area contributed by atoms with Gasteiger partial charge in [0, 0.05) is 38.1 Å². The zero-order valence-electron chi connectivity index (χ0n) is 13.2. The molecule has 19 heavy (non-hydrogen) atoms. The lowest BCUT2D eigenvalue weighted by Crippen LogP contribution is -2.46. The number of amides is 1. The van der Waals surface area contributed by atoms with Crippen molar-refractivity contribution in [1.29, 1.82) is 0 Å². The summed E-state index contributed by atoms with van der Waals surface area (Å²) in [6.45, 7) is 8.33. The van der Waals surface area contributed by atoms with Crippen molar-refractivity contribution in [2.45, 2.75) is 45.7 Å². The molecule has 2 atom stereocenters. The summed E-state index contributed by atoms with van der Waals surface area (Å²) < 4.78 is 0. The molecule has 4 nitrogen and oxygen atoms in total. The maximum absolute atomic E-state index is 12.2. The van der Waals surface area contributed by atoms with Crippen molar-refractivity contribution in [2.24, 2.45) is 5.73 Å². The van der Waals surface area contributed by atoms with Gasteiger partial charge in [-0.15, -0.1) is 0 Å². The van der Waals surface area contributed by atoms with Gasteiger partial charge < -0.3 is 10.6 Å². The quantitative estimate of drug-likeness (QED) is 0.664. The Bertz CT molecular complexity index is 247. The monoisotopic (exact) mass is 289 g/mol. The summed E-state index contributed by atoms with van der Waals surface area (Å²) in [5.74, 6) is 1.36. The molecule has 0 saturated heterocycles. The molecule has 0 aliphatic rings. The highest BCUT2D eigenvalue weighted by molar-refractivity contribution is 7.98. The first-order chi connectivity index (χ1) is 9.01.